The van der Waals surface area contributed by atoms with Gasteiger partial charge in [-0.1, -0.05) is 13.8 Å². The Hall–Kier alpha value is -0.220. The summed E-state index contributed by atoms with van der Waals surface area (Å²) in [7, 11) is 0. The number of nitrogens with one attached hydrogen (secondary N) is 1. The third-order valence-electron chi connectivity index (χ3n) is 3.49. The Bertz CT molecular complexity index is 229. The fourth-order valence-corrected chi connectivity index (χ4v) is 2.50. The molecule has 94 valence electrons. The van der Waals surface area contributed by atoms with E-state index in [1.54, 1.807) is 0 Å². The van der Waals surface area contributed by atoms with Crippen LogP contribution >= 0.6 is 12.6 Å². The van der Waals surface area contributed by atoms with Crippen molar-refractivity contribution in [3.63, 3.8) is 0 Å². The second-order valence-corrected chi connectivity index (χ2v) is 4.92. The average molecular weight is 245 g/mol. The van der Waals surface area contributed by atoms with E-state index in [2.05, 4.69) is 31.8 Å². The lowest BCUT2D eigenvalue weighted by Gasteiger charge is -2.40. The Balaban J connectivity index is 2.47. The van der Waals surface area contributed by atoms with E-state index in [9.17, 15) is 4.79 Å². The molecular formula is C12H23NO2S. The molecule has 1 saturated heterocycles. The quantitative estimate of drug-likeness (QED) is 0.729. The number of ether oxygens (including phenoxy) is 1. The Morgan fingerprint density at radius 2 is 2.19 bits per heavy atom. The van der Waals surface area contributed by atoms with Gasteiger partial charge >= 0.3 is 0 Å². The third kappa shape index (κ3) is 3.67. The van der Waals surface area contributed by atoms with E-state index >= 15 is 0 Å². The van der Waals surface area contributed by atoms with E-state index in [-0.39, 0.29) is 17.6 Å². The van der Waals surface area contributed by atoms with Gasteiger partial charge in [0.2, 0.25) is 5.91 Å². The Morgan fingerprint density at radius 1 is 1.50 bits per heavy atom. The van der Waals surface area contributed by atoms with E-state index < -0.39 is 0 Å². The molecule has 1 aliphatic heterocycles. The molecule has 16 heavy (non-hydrogen) atoms. The van der Waals surface area contributed by atoms with Crippen molar-refractivity contribution in [3.8, 4) is 0 Å². The van der Waals surface area contributed by atoms with Crippen LogP contribution in [0, 0.1) is 0 Å². The van der Waals surface area contributed by atoms with Crippen LogP contribution in [-0.2, 0) is 9.53 Å². The van der Waals surface area contributed by atoms with Crippen LogP contribution in [0.1, 0.15) is 46.0 Å². The fourth-order valence-electron chi connectivity index (χ4n) is 2.30. The van der Waals surface area contributed by atoms with Crippen molar-refractivity contribution in [2.24, 2.45) is 0 Å². The maximum Gasteiger partial charge on any atom is 0.221 e. The molecule has 0 aromatic rings. The normalized spacial score (nSPS) is 24.1. The van der Waals surface area contributed by atoms with E-state index in [1.165, 1.54) is 0 Å². The molecule has 3 nitrogen and oxygen atoms in total. The molecule has 0 bridgehead atoms. The first-order valence-electron chi connectivity index (χ1n) is 6.20. The Kier molecular flexibility index (Phi) is 5.62. The van der Waals surface area contributed by atoms with E-state index in [4.69, 9.17) is 4.74 Å². The van der Waals surface area contributed by atoms with Gasteiger partial charge in [-0.25, -0.2) is 0 Å². The summed E-state index contributed by atoms with van der Waals surface area (Å²) in [5.41, 5.74) is -0.0167. The van der Waals surface area contributed by atoms with Gasteiger partial charge < -0.3 is 10.1 Å². The first kappa shape index (κ1) is 13.8. The summed E-state index contributed by atoms with van der Waals surface area (Å²) < 4.78 is 5.87. The van der Waals surface area contributed by atoms with E-state index in [1.807, 2.05) is 0 Å². The summed E-state index contributed by atoms with van der Waals surface area (Å²) in [6.07, 6.45) is 4.41. The molecule has 1 fully saturated rings. The second-order valence-electron chi connectivity index (χ2n) is 4.47. The van der Waals surface area contributed by atoms with Crippen molar-refractivity contribution in [1.29, 1.82) is 0 Å². The van der Waals surface area contributed by atoms with Crippen LogP contribution in [0.3, 0.4) is 0 Å². The summed E-state index contributed by atoms with van der Waals surface area (Å²) in [5.74, 6) is 0.727. The van der Waals surface area contributed by atoms with Crippen LogP contribution in [0.5, 0.6) is 0 Å². The second kappa shape index (κ2) is 6.50. The molecule has 0 aromatic heterocycles. The molecule has 0 aromatic carbocycles. The molecule has 1 N–H and O–H groups in total. The standard InChI is InChI=1S/C12H23NO2S/c1-3-12(4-2)9-10(5-7-15-12)13-11(14)6-8-16/h10,16H,3-9H2,1-2H3,(H,13,14). The number of carbonyl (C=O) groups is 1. The predicted molar refractivity (Wildman–Crippen MR) is 68.9 cm³/mol. The highest BCUT2D eigenvalue weighted by Crippen LogP contribution is 2.31. The molecule has 0 aliphatic carbocycles. The van der Waals surface area contributed by atoms with Gasteiger partial charge in [0.05, 0.1) is 5.60 Å². The topological polar surface area (TPSA) is 38.3 Å². The van der Waals surface area contributed by atoms with Crippen molar-refractivity contribution >= 4 is 18.5 Å². The molecule has 1 heterocycles. The van der Waals surface area contributed by atoms with Gasteiger partial charge in [-0.2, -0.15) is 12.6 Å². The minimum atomic E-state index is -0.0167. The molecule has 1 unspecified atom stereocenters. The minimum absolute atomic E-state index is 0.0167. The maximum absolute atomic E-state index is 11.5. The van der Waals surface area contributed by atoms with Crippen molar-refractivity contribution in [2.75, 3.05) is 12.4 Å². The molecule has 0 spiro atoms. The number of amides is 1. The lowest BCUT2D eigenvalue weighted by atomic mass is 9.86. The highest BCUT2D eigenvalue weighted by Gasteiger charge is 2.34. The van der Waals surface area contributed by atoms with Crippen molar-refractivity contribution in [3.05, 3.63) is 0 Å². The predicted octanol–water partition coefficient (Wildman–Crippen LogP) is 2.16. The fraction of sp³-hybridized carbons (Fsp3) is 0.917. The van der Waals surface area contributed by atoms with Gasteiger partial charge in [-0.3, -0.25) is 4.79 Å². The summed E-state index contributed by atoms with van der Waals surface area (Å²) in [4.78, 5) is 11.5. The van der Waals surface area contributed by atoms with Crippen LogP contribution in [-0.4, -0.2) is 29.9 Å². The molecule has 1 rings (SSSR count). The molecule has 4 heteroatoms. The van der Waals surface area contributed by atoms with Gasteiger partial charge in [0, 0.05) is 19.1 Å². The first-order valence-corrected chi connectivity index (χ1v) is 6.83. The van der Waals surface area contributed by atoms with Gasteiger partial charge in [0.25, 0.3) is 0 Å². The number of thiol groups is 1. The lowest BCUT2D eigenvalue weighted by molar-refractivity contribution is -0.125. The zero-order valence-electron chi connectivity index (χ0n) is 10.3. The van der Waals surface area contributed by atoms with Gasteiger partial charge in [0.1, 0.15) is 0 Å². The monoisotopic (exact) mass is 245 g/mol. The van der Waals surface area contributed by atoms with Gasteiger partial charge in [-0.05, 0) is 31.4 Å². The Labute approximate surface area is 104 Å². The number of hydrogen-bond donors (Lipinski definition) is 2. The van der Waals surface area contributed by atoms with Gasteiger partial charge in [-0.15, -0.1) is 0 Å². The minimum Gasteiger partial charge on any atom is -0.375 e. The van der Waals surface area contributed by atoms with Crippen molar-refractivity contribution < 1.29 is 9.53 Å². The largest absolute Gasteiger partial charge is 0.375 e. The zero-order valence-corrected chi connectivity index (χ0v) is 11.2. The summed E-state index contributed by atoms with van der Waals surface area (Å²) in [6.45, 7) is 5.07. The van der Waals surface area contributed by atoms with Gasteiger partial charge in [0.15, 0.2) is 0 Å². The summed E-state index contributed by atoms with van der Waals surface area (Å²) >= 11 is 4.06. The Morgan fingerprint density at radius 3 is 2.75 bits per heavy atom. The number of rotatable bonds is 5. The molecule has 0 radical (unpaired) electrons. The summed E-state index contributed by atoms with van der Waals surface area (Å²) in [5, 5.41) is 3.08. The van der Waals surface area contributed by atoms with Crippen LogP contribution < -0.4 is 5.32 Å². The SMILES string of the molecule is CCC1(CC)CC(NC(=O)CCS)CCO1. The molecule has 1 atom stereocenters. The average Bonchev–Trinajstić information content (AvgIpc) is 2.29. The molecular weight excluding hydrogens is 222 g/mol. The zero-order chi connectivity index (χ0) is 12.0. The summed E-state index contributed by atoms with van der Waals surface area (Å²) in [6, 6.07) is 0.279. The number of carbonyl (C=O) groups excluding carboxylic acids is 1. The van der Waals surface area contributed by atoms with Crippen LogP contribution in [0.4, 0.5) is 0 Å². The lowest BCUT2D eigenvalue weighted by Crippen LogP contribution is -2.48. The van der Waals surface area contributed by atoms with E-state index in [0.29, 0.717) is 12.2 Å². The van der Waals surface area contributed by atoms with Crippen molar-refractivity contribution in [1.82, 2.24) is 5.32 Å². The molecule has 1 amide bonds. The highest BCUT2D eigenvalue weighted by atomic mass is 32.1. The van der Waals surface area contributed by atoms with Crippen LogP contribution in [0.2, 0.25) is 0 Å². The molecule has 1 aliphatic rings. The maximum atomic E-state index is 11.5. The van der Waals surface area contributed by atoms with E-state index in [0.717, 1.165) is 32.3 Å². The van der Waals surface area contributed by atoms with Crippen LogP contribution in [0.25, 0.3) is 0 Å². The molecule has 0 saturated carbocycles. The first-order chi connectivity index (χ1) is 7.65. The van der Waals surface area contributed by atoms with Crippen molar-refractivity contribution in [2.45, 2.75) is 57.6 Å². The smallest absolute Gasteiger partial charge is 0.221 e. The third-order valence-corrected chi connectivity index (χ3v) is 3.71. The number of hydrogen-bond acceptors (Lipinski definition) is 3. The van der Waals surface area contributed by atoms with Crippen LogP contribution in [0.15, 0.2) is 0 Å². The highest BCUT2D eigenvalue weighted by molar-refractivity contribution is 7.80.